The van der Waals surface area contributed by atoms with E-state index in [2.05, 4.69) is 210 Å². The van der Waals surface area contributed by atoms with Gasteiger partial charge >= 0.3 is 0 Å². The van der Waals surface area contributed by atoms with Crippen LogP contribution < -0.4 is 4.90 Å². The molecule has 11 aromatic rings. The van der Waals surface area contributed by atoms with Gasteiger partial charge in [-0.25, -0.2) is 0 Å². The Morgan fingerprint density at radius 3 is 1.91 bits per heavy atom. The third kappa shape index (κ3) is 5.00. The monoisotopic (exact) mass is 850 g/mol. The van der Waals surface area contributed by atoms with E-state index in [4.69, 9.17) is 0 Å². The molecule has 3 heteroatoms. The molecule has 15 rings (SSSR count). The SMILES string of the molecule is c1cc(N(c2ccc(-c3ccccc3-n3c4ccccc4c4c5ccccc5ccc43)cc2)c2ccc(-c3cccc4c3sc3ccccc34)cc2)cc(C23C[C@@H]4CC5C[C@@H](C2)C54C3)c1. The number of anilines is 3. The van der Waals surface area contributed by atoms with Crippen LogP contribution in [0, 0.1) is 23.2 Å². The molecule has 2 nitrogen and oxygen atoms in total. The van der Waals surface area contributed by atoms with E-state index in [-0.39, 0.29) is 0 Å². The molecular formula is C62H46N2S. The van der Waals surface area contributed by atoms with Crippen LogP contribution in [0.3, 0.4) is 0 Å². The fourth-order valence-corrected chi connectivity index (χ4v) is 15.5. The lowest BCUT2D eigenvalue weighted by Crippen LogP contribution is -2.59. The maximum atomic E-state index is 2.57. The van der Waals surface area contributed by atoms with Gasteiger partial charge in [-0.1, -0.05) is 140 Å². The van der Waals surface area contributed by atoms with Gasteiger partial charge < -0.3 is 9.47 Å². The zero-order valence-electron chi connectivity index (χ0n) is 36.1. The topological polar surface area (TPSA) is 8.17 Å². The van der Waals surface area contributed by atoms with Gasteiger partial charge in [0.25, 0.3) is 0 Å². The van der Waals surface area contributed by atoms with E-state index in [1.54, 1.807) is 5.56 Å². The van der Waals surface area contributed by atoms with Crippen molar-refractivity contribution >= 4 is 81.1 Å². The molecule has 2 heterocycles. The van der Waals surface area contributed by atoms with Crippen LogP contribution in [0.2, 0.25) is 0 Å². The summed E-state index contributed by atoms with van der Waals surface area (Å²) in [6, 6.07) is 75.3. The molecule has 4 aliphatic carbocycles. The first-order valence-electron chi connectivity index (χ1n) is 23.7. The lowest BCUT2D eigenvalue weighted by molar-refractivity contribution is -0.175. The van der Waals surface area contributed by atoms with Crippen LogP contribution in [0.5, 0.6) is 0 Å². The van der Waals surface area contributed by atoms with E-state index in [0.717, 1.165) is 17.8 Å². The second-order valence-electron chi connectivity index (χ2n) is 19.9. The Balaban J connectivity index is 0.851. The van der Waals surface area contributed by atoms with E-state index < -0.39 is 0 Å². The number of nitrogens with zero attached hydrogens (tertiary/aromatic N) is 2. The molecule has 4 fully saturated rings. The van der Waals surface area contributed by atoms with Crippen molar-refractivity contribution in [3.63, 3.8) is 0 Å². The average Bonchev–Trinajstić information content (AvgIpc) is 4.09. The summed E-state index contributed by atoms with van der Waals surface area (Å²) in [5.74, 6) is 2.92. The number of thiophene rings is 1. The summed E-state index contributed by atoms with van der Waals surface area (Å²) in [5, 5.41) is 7.83. The Labute approximate surface area is 383 Å². The molecule has 1 spiro atoms. The molecule has 0 saturated heterocycles. The van der Waals surface area contributed by atoms with Gasteiger partial charge in [0.2, 0.25) is 0 Å². The van der Waals surface area contributed by atoms with Crippen molar-refractivity contribution in [1.29, 1.82) is 0 Å². The largest absolute Gasteiger partial charge is 0.310 e. The van der Waals surface area contributed by atoms with E-state index in [9.17, 15) is 0 Å². The summed E-state index contributed by atoms with van der Waals surface area (Å²) in [6.07, 6.45) is 7.15. The summed E-state index contributed by atoms with van der Waals surface area (Å²) in [6.45, 7) is 0. The molecule has 2 aromatic heterocycles. The highest BCUT2D eigenvalue weighted by atomic mass is 32.1. The van der Waals surface area contributed by atoms with Crippen molar-refractivity contribution in [2.24, 2.45) is 23.2 Å². The summed E-state index contributed by atoms with van der Waals surface area (Å²) >= 11 is 1.90. The second-order valence-corrected chi connectivity index (χ2v) is 20.9. The number of benzene rings is 9. The molecular weight excluding hydrogens is 805 g/mol. The van der Waals surface area contributed by atoms with Crippen LogP contribution in [0.1, 0.15) is 37.7 Å². The van der Waals surface area contributed by atoms with Gasteiger partial charge in [-0.15, -0.1) is 11.3 Å². The Morgan fingerprint density at radius 1 is 0.477 bits per heavy atom. The van der Waals surface area contributed by atoms with Crippen molar-refractivity contribution in [2.75, 3.05) is 4.90 Å². The maximum absolute atomic E-state index is 2.57. The molecule has 0 radical (unpaired) electrons. The van der Waals surface area contributed by atoms with Gasteiger partial charge in [-0.05, 0) is 154 Å². The van der Waals surface area contributed by atoms with Gasteiger partial charge in [0.1, 0.15) is 0 Å². The van der Waals surface area contributed by atoms with Gasteiger partial charge in [-0.3, -0.25) is 0 Å². The molecule has 9 aromatic carbocycles. The molecule has 310 valence electrons. The molecule has 2 atom stereocenters. The van der Waals surface area contributed by atoms with Crippen molar-refractivity contribution in [3.05, 3.63) is 206 Å². The Hall–Kier alpha value is -6.94. The number of rotatable bonds is 7. The summed E-state index contributed by atoms with van der Waals surface area (Å²) in [4.78, 5) is 2.51. The highest BCUT2D eigenvalue weighted by Crippen LogP contribution is 2.84. The van der Waals surface area contributed by atoms with Crippen molar-refractivity contribution in [1.82, 2.24) is 4.57 Å². The standard InChI is InChI=1S/C62H46N2S/c1-2-15-50-39(11-1)27-32-57-59(50)54-17-4-7-21-56(54)64(57)55-20-6-3-14-49(55)40-23-28-46(29-24-40)63(48-13-9-12-42(35-48)61-36-44-33-43-34-45(37-61)62(43,44)38-61)47-30-25-41(26-31-47)51-18-10-19-53-52-16-5-8-22-58(52)65-60(51)53/h1-32,35,43-45H,33-34,36-38H2/t43?,44-,45-,61?,62?/m0/s1. The van der Waals surface area contributed by atoms with Crippen LogP contribution in [-0.2, 0) is 5.41 Å². The second kappa shape index (κ2) is 13.3. The van der Waals surface area contributed by atoms with Crippen molar-refractivity contribution < 1.29 is 0 Å². The summed E-state index contributed by atoms with van der Waals surface area (Å²) in [7, 11) is 0. The molecule has 65 heavy (non-hydrogen) atoms. The molecule has 2 bridgehead atoms. The van der Waals surface area contributed by atoms with Gasteiger partial charge in [0.15, 0.2) is 0 Å². The third-order valence-electron chi connectivity index (χ3n) is 17.0. The highest BCUT2D eigenvalue weighted by molar-refractivity contribution is 7.26. The first kappa shape index (κ1) is 36.4. The van der Waals surface area contributed by atoms with Crippen molar-refractivity contribution in [3.8, 4) is 27.9 Å². The smallest absolute Gasteiger partial charge is 0.0547 e. The zero-order chi connectivity index (χ0) is 42.4. The van der Waals surface area contributed by atoms with Crippen LogP contribution in [-0.4, -0.2) is 4.57 Å². The van der Waals surface area contributed by atoms with E-state index in [1.807, 2.05) is 11.3 Å². The lowest BCUT2D eigenvalue weighted by atomic mass is 9.38. The van der Waals surface area contributed by atoms with E-state index in [1.165, 1.54) is 130 Å². The number of hydrogen-bond donors (Lipinski definition) is 0. The zero-order valence-corrected chi connectivity index (χ0v) is 36.9. The average molecular weight is 851 g/mol. The highest BCUT2D eigenvalue weighted by Gasteiger charge is 2.77. The quantitative estimate of drug-likeness (QED) is 0.155. The minimum absolute atomic E-state index is 0.335. The van der Waals surface area contributed by atoms with Crippen LogP contribution in [0.15, 0.2) is 200 Å². The number of hydrogen-bond acceptors (Lipinski definition) is 2. The van der Waals surface area contributed by atoms with Crippen LogP contribution in [0.25, 0.3) is 80.7 Å². The fraction of sp³-hybridized carbons (Fsp3) is 0.161. The summed E-state index contributed by atoms with van der Waals surface area (Å²) < 4.78 is 5.17. The number of fused-ring (bicyclic) bond motifs is 9. The Morgan fingerprint density at radius 2 is 1.12 bits per heavy atom. The number of aromatic nitrogens is 1. The fourth-order valence-electron chi connectivity index (χ4n) is 14.3. The molecule has 0 amide bonds. The molecule has 0 unspecified atom stereocenters. The van der Waals surface area contributed by atoms with Crippen molar-refractivity contribution in [2.45, 2.75) is 37.5 Å². The Bertz CT molecular complexity index is 3720. The van der Waals surface area contributed by atoms with Gasteiger partial charge in [0, 0.05) is 53.6 Å². The predicted molar refractivity (Wildman–Crippen MR) is 274 cm³/mol. The van der Waals surface area contributed by atoms with Crippen LogP contribution >= 0.6 is 11.3 Å². The molecule has 4 saturated carbocycles. The Kier molecular flexibility index (Phi) is 7.46. The molecule has 0 aliphatic heterocycles. The van der Waals surface area contributed by atoms with E-state index in [0.29, 0.717) is 10.8 Å². The first-order chi connectivity index (χ1) is 32.1. The lowest BCUT2D eigenvalue weighted by Gasteiger charge is -2.66. The van der Waals surface area contributed by atoms with Gasteiger partial charge in [0.05, 0.1) is 16.7 Å². The minimum Gasteiger partial charge on any atom is -0.310 e. The minimum atomic E-state index is 0.335. The number of para-hydroxylation sites is 2. The molecule has 0 N–H and O–H groups in total. The molecule has 4 aliphatic rings. The van der Waals surface area contributed by atoms with Crippen LogP contribution in [0.4, 0.5) is 17.1 Å². The first-order valence-corrected chi connectivity index (χ1v) is 24.5. The predicted octanol–water partition coefficient (Wildman–Crippen LogP) is 17.2. The maximum Gasteiger partial charge on any atom is 0.0547 e. The van der Waals surface area contributed by atoms with E-state index >= 15 is 0 Å². The normalized spacial score (nSPS) is 22.7. The third-order valence-corrected chi connectivity index (χ3v) is 18.3. The summed E-state index contributed by atoms with van der Waals surface area (Å²) in [5.41, 5.74) is 14.8. The van der Waals surface area contributed by atoms with Gasteiger partial charge in [-0.2, -0.15) is 0 Å².